The molecule has 3 rings (SSSR count). The molecule has 0 aromatic carbocycles. The van der Waals surface area contributed by atoms with Gasteiger partial charge in [0, 0.05) is 25.8 Å². The van der Waals surface area contributed by atoms with Crippen LogP contribution in [0.3, 0.4) is 0 Å². The van der Waals surface area contributed by atoms with Crippen molar-refractivity contribution in [2.75, 3.05) is 33.3 Å². The fourth-order valence-electron chi connectivity index (χ4n) is 2.77. The van der Waals surface area contributed by atoms with Crippen molar-refractivity contribution in [1.29, 1.82) is 0 Å². The van der Waals surface area contributed by atoms with E-state index in [9.17, 15) is 4.79 Å². The number of rotatable bonds is 1. The first kappa shape index (κ1) is 11.7. The molecule has 2 atom stereocenters. The number of hydrogen-bond acceptors (Lipinski definition) is 4. The van der Waals surface area contributed by atoms with Gasteiger partial charge in [0.1, 0.15) is 5.69 Å². The van der Waals surface area contributed by atoms with Gasteiger partial charge in [0.05, 0.1) is 18.8 Å². The largest absolute Gasteiger partial charge is 0.375 e. The van der Waals surface area contributed by atoms with Gasteiger partial charge in [-0.2, -0.15) is 5.10 Å². The molecule has 2 fully saturated rings. The van der Waals surface area contributed by atoms with Gasteiger partial charge in [0.15, 0.2) is 0 Å². The highest BCUT2D eigenvalue weighted by Gasteiger charge is 2.37. The van der Waals surface area contributed by atoms with Crippen molar-refractivity contribution in [3.05, 3.63) is 18.0 Å². The van der Waals surface area contributed by atoms with Crippen molar-refractivity contribution in [1.82, 2.24) is 20.0 Å². The molecular weight excluding hydrogens is 232 g/mol. The smallest absolute Gasteiger partial charge is 0.271 e. The van der Waals surface area contributed by atoms with Crippen molar-refractivity contribution < 1.29 is 9.53 Å². The SMILES string of the molecule is CN1CCOC2CCN(C(=O)c3ccn[nH]3)C[C@@H]21. The van der Waals surface area contributed by atoms with Crippen LogP contribution >= 0.6 is 0 Å². The third kappa shape index (κ3) is 2.02. The van der Waals surface area contributed by atoms with E-state index < -0.39 is 0 Å². The van der Waals surface area contributed by atoms with Crippen LogP contribution < -0.4 is 0 Å². The van der Waals surface area contributed by atoms with Gasteiger partial charge in [0.2, 0.25) is 0 Å². The van der Waals surface area contributed by atoms with E-state index in [4.69, 9.17) is 4.74 Å². The standard InChI is InChI=1S/C12H18N4O2/c1-15-6-7-18-11-3-5-16(8-10(11)15)12(17)9-2-4-13-14-9/h2,4,10-11H,3,5-8H2,1H3,(H,13,14)/t10-,11?/m0/s1. The molecule has 1 aromatic rings. The average molecular weight is 250 g/mol. The number of aromatic amines is 1. The summed E-state index contributed by atoms with van der Waals surface area (Å²) in [5, 5.41) is 6.56. The number of carbonyl (C=O) groups excluding carboxylic acids is 1. The fourth-order valence-corrected chi connectivity index (χ4v) is 2.77. The van der Waals surface area contributed by atoms with E-state index in [0.29, 0.717) is 11.7 Å². The molecule has 2 saturated heterocycles. The third-order valence-corrected chi connectivity index (χ3v) is 3.88. The minimum Gasteiger partial charge on any atom is -0.375 e. The lowest BCUT2D eigenvalue weighted by Gasteiger charge is -2.45. The molecule has 0 saturated carbocycles. The number of aromatic nitrogens is 2. The number of hydrogen-bond donors (Lipinski definition) is 1. The zero-order valence-electron chi connectivity index (χ0n) is 10.5. The number of morpholine rings is 1. The predicted molar refractivity (Wildman–Crippen MR) is 65.3 cm³/mol. The maximum absolute atomic E-state index is 12.2. The molecule has 1 amide bonds. The first-order chi connectivity index (χ1) is 8.75. The first-order valence-electron chi connectivity index (χ1n) is 6.36. The number of nitrogens with one attached hydrogen (secondary N) is 1. The lowest BCUT2D eigenvalue weighted by atomic mass is 9.99. The van der Waals surface area contributed by atoms with Gasteiger partial charge in [-0.3, -0.25) is 14.8 Å². The molecular formula is C12H18N4O2. The second kappa shape index (κ2) is 4.70. The number of fused-ring (bicyclic) bond motifs is 1. The van der Waals surface area contributed by atoms with E-state index in [0.717, 1.165) is 32.7 Å². The van der Waals surface area contributed by atoms with Gasteiger partial charge >= 0.3 is 0 Å². The zero-order chi connectivity index (χ0) is 12.5. The Kier molecular flexibility index (Phi) is 3.05. The number of likely N-dealkylation sites (N-methyl/N-ethyl adjacent to an activating group) is 1. The van der Waals surface area contributed by atoms with Crippen LogP contribution in [0.1, 0.15) is 16.9 Å². The van der Waals surface area contributed by atoms with Crippen LogP contribution in [0, 0.1) is 0 Å². The highest BCUT2D eigenvalue weighted by atomic mass is 16.5. The molecule has 1 unspecified atom stereocenters. The first-order valence-corrected chi connectivity index (χ1v) is 6.36. The van der Waals surface area contributed by atoms with Crippen molar-refractivity contribution >= 4 is 5.91 Å². The summed E-state index contributed by atoms with van der Waals surface area (Å²) in [4.78, 5) is 16.4. The van der Waals surface area contributed by atoms with E-state index in [-0.39, 0.29) is 12.0 Å². The summed E-state index contributed by atoms with van der Waals surface area (Å²) in [6.45, 7) is 3.23. The molecule has 2 aliphatic rings. The molecule has 0 aliphatic carbocycles. The van der Waals surface area contributed by atoms with Crippen LogP contribution in [0.4, 0.5) is 0 Å². The second-order valence-electron chi connectivity index (χ2n) is 4.97. The highest BCUT2D eigenvalue weighted by molar-refractivity contribution is 5.92. The maximum atomic E-state index is 12.2. The summed E-state index contributed by atoms with van der Waals surface area (Å²) in [7, 11) is 2.10. The maximum Gasteiger partial charge on any atom is 0.271 e. The van der Waals surface area contributed by atoms with Crippen LogP contribution in [0.2, 0.25) is 0 Å². The highest BCUT2D eigenvalue weighted by Crippen LogP contribution is 2.22. The third-order valence-electron chi connectivity index (χ3n) is 3.88. The summed E-state index contributed by atoms with van der Waals surface area (Å²) in [6.07, 6.45) is 2.79. The average Bonchev–Trinajstić information content (AvgIpc) is 2.92. The summed E-state index contributed by atoms with van der Waals surface area (Å²) in [5.41, 5.74) is 0.563. The minimum absolute atomic E-state index is 0.0323. The Bertz CT molecular complexity index is 420. The quantitative estimate of drug-likeness (QED) is 0.759. The van der Waals surface area contributed by atoms with Crippen molar-refractivity contribution in [3.8, 4) is 0 Å². The Morgan fingerprint density at radius 3 is 3.22 bits per heavy atom. The lowest BCUT2D eigenvalue weighted by molar-refractivity contribution is -0.0894. The van der Waals surface area contributed by atoms with Gasteiger partial charge in [-0.25, -0.2) is 0 Å². The summed E-state index contributed by atoms with van der Waals surface area (Å²) >= 11 is 0. The molecule has 1 N–H and O–H groups in total. The monoisotopic (exact) mass is 250 g/mol. The number of nitrogens with zero attached hydrogens (tertiary/aromatic N) is 3. The number of carbonyl (C=O) groups is 1. The Labute approximate surface area is 106 Å². The van der Waals surface area contributed by atoms with Crippen LogP contribution in [0.5, 0.6) is 0 Å². The molecule has 2 aliphatic heterocycles. The minimum atomic E-state index is 0.0323. The van der Waals surface area contributed by atoms with E-state index in [1.54, 1.807) is 12.3 Å². The summed E-state index contributed by atoms with van der Waals surface area (Å²) in [5.74, 6) is 0.0323. The van der Waals surface area contributed by atoms with E-state index in [2.05, 4.69) is 22.1 Å². The van der Waals surface area contributed by atoms with Gasteiger partial charge in [-0.1, -0.05) is 0 Å². The number of piperidine rings is 1. The Balaban J connectivity index is 1.71. The Hall–Kier alpha value is -1.40. The predicted octanol–water partition coefficient (Wildman–Crippen LogP) is -0.0452. The van der Waals surface area contributed by atoms with E-state index >= 15 is 0 Å². The second-order valence-corrected chi connectivity index (χ2v) is 4.97. The Morgan fingerprint density at radius 1 is 1.56 bits per heavy atom. The topological polar surface area (TPSA) is 61.5 Å². The van der Waals surface area contributed by atoms with Crippen molar-refractivity contribution in [2.24, 2.45) is 0 Å². The van der Waals surface area contributed by atoms with Gasteiger partial charge < -0.3 is 9.64 Å². The number of amides is 1. The summed E-state index contributed by atoms with van der Waals surface area (Å²) < 4.78 is 5.77. The molecule has 0 spiro atoms. The van der Waals surface area contributed by atoms with Gasteiger partial charge in [-0.05, 0) is 19.5 Å². The number of ether oxygens (including phenoxy) is 1. The number of H-pyrrole nitrogens is 1. The zero-order valence-corrected chi connectivity index (χ0v) is 10.5. The van der Waals surface area contributed by atoms with Crippen LogP contribution in [-0.2, 0) is 4.74 Å². The normalized spacial score (nSPS) is 29.1. The van der Waals surface area contributed by atoms with Gasteiger partial charge in [-0.15, -0.1) is 0 Å². The molecule has 3 heterocycles. The molecule has 6 nitrogen and oxygen atoms in total. The van der Waals surface area contributed by atoms with Crippen LogP contribution in [-0.4, -0.2) is 71.3 Å². The van der Waals surface area contributed by atoms with Crippen molar-refractivity contribution in [2.45, 2.75) is 18.6 Å². The van der Waals surface area contributed by atoms with Crippen LogP contribution in [0.25, 0.3) is 0 Å². The molecule has 0 radical (unpaired) electrons. The molecule has 1 aromatic heterocycles. The summed E-state index contributed by atoms with van der Waals surface area (Å²) in [6, 6.07) is 2.04. The van der Waals surface area contributed by atoms with Crippen LogP contribution in [0.15, 0.2) is 12.3 Å². The van der Waals surface area contributed by atoms with Crippen molar-refractivity contribution in [3.63, 3.8) is 0 Å². The number of likely N-dealkylation sites (tertiary alicyclic amines) is 1. The molecule has 0 bridgehead atoms. The van der Waals surface area contributed by atoms with E-state index in [1.165, 1.54) is 0 Å². The Morgan fingerprint density at radius 2 is 2.44 bits per heavy atom. The fraction of sp³-hybridized carbons (Fsp3) is 0.667. The van der Waals surface area contributed by atoms with Gasteiger partial charge in [0.25, 0.3) is 5.91 Å². The lowest BCUT2D eigenvalue weighted by Crippen LogP contribution is -2.59. The molecule has 98 valence electrons. The molecule has 18 heavy (non-hydrogen) atoms. The molecule has 6 heteroatoms. The van der Waals surface area contributed by atoms with E-state index in [1.807, 2.05) is 4.90 Å².